The Morgan fingerprint density at radius 3 is 2.71 bits per heavy atom. The molecule has 0 aliphatic heterocycles. The fourth-order valence-corrected chi connectivity index (χ4v) is 2.22. The third-order valence-corrected chi connectivity index (χ3v) is 3.39. The number of nitrogens with zero attached hydrogens (tertiary/aromatic N) is 1. The second kappa shape index (κ2) is 6.48. The number of aryl methyl sites for hydroxylation is 1. The number of hydrogen-bond acceptors (Lipinski definition) is 3. The van der Waals surface area contributed by atoms with E-state index in [1.807, 2.05) is 13.0 Å². The molecule has 0 aliphatic carbocycles. The Morgan fingerprint density at radius 1 is 1.24 bits per heavy atom. The Kier molecular flexibility index (Phi) is 4.68. The lowest BCUT2D eigenvalue weighted by Crippen LogP contribution is -2.22. The summed E-state index contributed by atoms with van der Waals surface area (Å²) >= 11 is 0. The Balaban J connectivity index is 2.08. The van der Waals surface area contributed by atoms with Crippen molar-refractivity contribution in [2.75, 3.05) is 12.3 Å². The first-order chi connectivity index (χ1) is 9.97. The summed E-state index contributed by atoms with van der Waals surface area (Å²) in [5, 5.41) is 0. The predicted molar refractivity (Wildman–Crippen MR) is 85.9 cm³/mol. The van der Waals surface area contributed by atoms with Crippen molar-refractivity contribution in [3.63, 3.8) is 0 Å². The third kappa shape index (κ3) is 3.88. The molecule has 2 rings (SSSR count). The monoisotopic (exact) mass is 286 g/mol. The van der Waals surface area contributed by atoms with E-state index in [9.17, 15) is 4.79 Å². The summed E-state index contributed by atoms with van der Waals surface area (Å²) < 4.78 is 7.45. The van der Waals surface area contributed by atoms with Crippen LogP contribution in [0.1, 0.15) is 30.9 Å². The van der Waals surface area contributed by atoms with Crippen LogP contribution in [-0.4, -0.2) is 11.2 Å². The molecule has 0 fully saturated rings. The molecule has 0 saturated heterocycles. The quantitative estimate of drug-likeness (QED) is 0.919. The van der Waals surface area contributed by atoms with Crippen LogP contribution in [0.3, 0.4) is 0 Å². The van der Waals surface area contributed by atoms with Gasteiger partial charge in [0, 0.05) is 18.0 Å². The van der Waals surface area contributed by atoms with Gasteiger partial charge in [0.1, 0.15) is 12.4 Å². The minimum atomic E-state index is -0.0684. The lowest BCUT2D eigenvalue weighted by atomic mass is 10.0. The van der Waals surface area contributed by atoms with E-state index in [4.69, 9.17) is 10.5 Å². The first kappa shape index (κ1) is 15.2. The zero-order valence-electron chi connectivity index (χ0n) is 12.8. The zero-order chi connectivity index (χ0) is 15.4. The van der Waals surface area contributed by atoms with Crippen molar-refractivity contribution >= 4 is 5.69 Å². The van der Waals surface area contributed by atoms with Gasteiger partial charge in [0.15, 0.2) is 0 Å². The average molecular weight is 286 g/mol. The molecule has 4 nitrogen and oxygen atoms in total. The molecule has 4 heteroatoms. The van der Waals surface area contributed by atoms with Crippen molar-refractivity contribution in [2.24, 2.45) is 0 Å². The van der Waals surface area contributed by atoms with Gasteiger partial charge in [-0.25, -0.2) is 0 Å². The molecule has 0 bridgehead atoms. The maximum Gasteiger partial charge on any atom is 0.250 e. The minimum absolute atomic E-state index is 0.0684. The van der Waals surface area contributed by atoms with Crippen molar-refractivity contribution in [3.05, 3.63) is 58.0 Å². The van der Waals surface area contributed by atoms with E-state index < -0.39 is 0 Å². The van der Waals surface area contributed by atoms with E-state index in [1.165, 1.54) is 11.6 Å². The van der Waals surface area contributed by atoms with Crippen molar-refractivity contribution in [1.29, 1.82) is 0 Å². The Bertz CT molecular complexity index is 675. The second-order valence-corrected chi connectivity index (χ2v) is 5.54. The Morgan fingerprint density at radius 2 is 2.00 bits per heavy atom. The molecule has 0 atom stereocenters. The van der Waals surface area contributed by atoms with Crippen LogP contribution in [0, 0.1) is 6.92 Å². The molecule has 0 unspecified atom stereocenters. The second-order valence-electron chi connectivity index (χ2n) is 5.54. The van der Waals surface area contributed by atoms with Gasteiger partial charge in [0.25, 0.3) is 5.56 Å². The first-order valence-electron chi connectivity index (χ1n) is 7.16. The van der Waals surface area contributed by atoms with Crippen LogP contribution in [0.4, 0.5) is 5.69 Å². The highest BCUT2D eigenvalue weighted by Gasteiger charge is 2.08. The van der Waals surface area contributed by atoms with Crippen LogP contribution < -0.4 is 16.0 Å². The molecular weight excluding hydrogens is 264 g/mol. The average Bonchev–Trinajstić information content (AvgIpc) is 2.42. The fraction of sp³-hybridized carbons (Fsp3) is 0.353. The van der Waals surface area contributed by atoms with Gasteiger partial charge in [0.05, 0.1) is 6.54 Å². The van der Waals surface area contributed by atoms with Gasteiger partial charge in [-0.15, -0.1) is 0 Å². The molecule has 1 aromatic heterocycles. The number of aromatic nitrogens is 1. The van der Waals surface area contributed by atoms with E-state index >= 15 is 0 Å². The first-order valence-corrected chi connectivity index (χ1v) is 7.16. The molecule has 0 amide bonds. The van der Waals surface area contributed by atoms with Crippen molar-refractivity contribution in [2.45, 2.75) is 33.2 Å². The van der Waals surface area contributed by atoms with E-state index in [0.29, 0.717) is 24.8 Å². The maximum atomic E-state index is 11.7. The summed E-state index contributed by atoms with van der Waals surface area (Å²) in [6.07, 6.45) is 1.64. The molecule has 21 heavy (non-hydrogen) atoms. The van der Waals surface area contributed by atoms with Gasteiger partial charge < -0.3 is 15.0 Å². The van der Waals surface area contributed by atoms with Gasteiger partial charge >= 0.3 is 0 Å². The standard InChI is InChI=1S/C17H22N2O2/c1-12(2)15-6-4-13(3)10-16(15)21-9-8-19-11-14(18)5-7-17(19)20/h4-7,10-12H,8-9,18H2,1-3H3. The van der Waals surface area contributed by atoms with E-state index in [-0.39, 0.29) is 5.56 Å². The van der Waals surface area contributed by atoms with E-state index in [0.717, 1.165) is 11.3 Å². The molecule has 0 radical (unpaired) electrons. The van der Waals surface area contributed by atoms with Crippen LogP contribution in [-0.2, 0) is 6.54 Å². The summed E-state index contributed by atoms with van der Waals surface area (Å²) in [5.41, 5.74) is 8.55. The number of nitrogens with two attached hydrogens (primary N) is 1. The molecular formula is C17H22N2O2. The molecule has 2 aromatic rings. The SMILES string of the molecule is Cc1ccc(C(C)C)c(OCCn2cc(N)ccc2=O)c1. The normalized spacial score (nSPS) is 10.9. The highest BCUT2D eigenvalue weighted by atomic mass is 16.5. The minimum Gasteiger partial charge on any atom is -0.491 e. The third-order valence-electron chi connectivity index (χ3n) is 3.39. The maximum absolute atomic E-state index is 11.7. The molecule has 0 saturated carbocycles. The van der Waals surface area contributed by atoms with Crippen LogP contribution >= 0.6 is 0 Å². The predicted octanol–water partition coefficient (Wildman–Crippen LogP) is 2.94. The zero-order valence-corrected chi connectivity index (χ0v) is 12.8. The molecule has 0 spiro atoms. The highest BCUT2D eigenvalue weighted by molar-refractivity contribution is 5.39. The van der Waals surface area contributed by atoms with E-state index in [2.05, 4.69) is 26.0 Å². The van der Waals surface area contributed by atoms with Gasteiger partial charge in [0.2, 0.25) is 0 Å². The van der Waals surface area contributed by atoms with Gasteiger partial charge in [-0.3, -0.25) is 4.79 Å². The Labute approximate surface area is 125 Å². The highest BCUT2D eigenvalue weighted by Crippen LogP contribution is 2.27. The summed E-state index contributed by atoms with van der Waals surface area (Å²) in [5.74, 6) is 1.29. The summed E-state index contributed by atoms with van der Waals surface area (Å²) in [6, 6.07) is 9.31. The van der Waals surface area contributed by atoms with Crippen LogP contribution in [0.15, 0.2) is 41.3 Å². The van der Waals surface area contributed by atoms with Crippen LogP contribution in [0.2, 0.25) is 0 Å². The largest absolute Gasteiger partial charge is 0.491 e. The number of anilines is 1. The number of hydrogen-bond donors (Lipinski definition) is 1. The van der Waals surface area contributed by atoms with Crippen molar-refractivity contribution < 1.29 is 4.74 Å². The number of ether oxygens (including phenoxy) is 1. The lowest BCUT2D eigenvalue weighted by Gasteiger charge is -2.15. The molecule has 112 valence electrons. The smallest absolute Gasteiger partial charge is 0.250 e. The summed E-state index contributed by atoms with van der Waals surface area (Å²) in [7, 11) is 0. The molecule has 1 heterocycles. The van der Waals surface area contributed by atoms with Crippen LogP contribution in [0.5, 0.6) is 5.75 Å². The molecule has 0 aliphatic rings. The van der Waals surface area contributed by atoms with Gasteiger partial charge in [-0.05, 0) is 36.1 Å². The summed E-state index contributed by atoms with van der Waals surface area (Å²) in [4.78, 5) is 11.7. The van der Waals surface area contributed by atoms with Crippen LogP contribution in [0.25, 0.3) is 0 Å². The van der Waals surface area contributed by atoms with Gasteiger partial charge in [-0.2, -0.15) is 0 Å². The summed E-state index contributed by atoms with van der Waals surface area (Å²) in [6.45, 7) is 7.24. The number of pyridine rings is 1. The number of nitrogen functional groups attached to an aromatic ring is 1. The number of rotatable bonds is 5. The number of benzene rings is 1. The molecule has 2 N–H and O–H groups in total. The van der Waals surface area contributed by atoms with Gasteiger partial charge in [-0.1, -0.05) is 26.0 Å². The Hall–Kier alpha value is -2.23. The van der Waals surface area contributed by atoms with Crippen molar-refractivity contribution in [3.8, 4) is 5.75 Å². The fourth-order valence-electron chi connectivity index (χ4n) is 2.22. The lowest BCUT2D eigenvalue weighted by molar-refractivity contribution is 0.292. The van der Waals surface area contributed by atoms with E-state index in [1.54, 1.807) is 16.8 Å². The topological polar surface area (TPSA) is 57.2 Å². The van der Waals surface area contributed by atoms with Crippen molar-refractivity contribution in [1.82, 2.24) is 4.57 Å². The molecule has 1 aromatic carbocycles.